The summed E-state index contributed by atoms with van der Waals surface area (Å²) in [5, 5.41) is 0. The maximum absolute atomic E-state index is 6.34. The Hall–Kier alpha value is -0.130. The Kier molecular flexibility index (Phi) is 3.65. The van der Waals surface area contributed by atoms with Gasteiger partial charge in [-0.1, -0.05) is 24.6 Å². The van der Waals surface area contributed by atoms with E-state index in [1.807, 2.05) is 0 Å². The van der Waals surface area contributed by atoms with Crippen molar-refractivity contribution in [3.05, 3.63) is 33.4 Å². The lowest BCUT2D eigenvalue weighted by atomic mass is 9.94. The molecular formula is C15H19IO2. The average Bonchev–Trinajstić information content (AvgIpc) is 2.67. The minimum atomic E-state index is -0.290. The molecule has 0 aromatic heterocycles. The maximum Gasteiger partial charge on any atom is 0.169 e. The lowest BCUT2D eigenvalue weighted by Gasteiger charge is -2.32. The second kappa shape index (κ2) is 5.10. The van der Waals surface area contributed by atoms with Gasteiger partial charge in [0.1, 0.15) is 6.10 Å². The van der Waals surface area contributed by atoms with E-state index in [0.717, 1.165) is 12.8 Å². The topological polar surface area (TPSA) is 18.5 Å². The first-order valence-corrected chi connectivity index (χ1v) is 7.88. The van der Waals surface area contributed by atoms with E-state index in [9.17, 15) is 0 Å². The molecule has 1 saturated heterocycles. The fourth-order valence-electron chi connectivity index (χ4n) is 3.10. The lowest BCUT2D eigenvalue weighted by Crippen LogP contribution is -2.33. The van der Waals surface area contributed by atoms with E-state index in [2.05, 4.69) is 53.8 Å². The minimum absolute atomic E-state index is 0.0937. The van der Waals surface area contributed by atoms with E-state index >= 15 is 0 Å². The van der Waals surface area contributed by atoms with Crippen LogP contribution in [0, 0.1) is 3.57 Å². The molecule has 2 aliphatic rings. The molecule has 1 aromatic carbocycles. The molecule has 18 heavy (non-hydrogen) atoms. The van der Waals surface area contributed by atoms with Crippen molar-refractivity contribution in [1.29, 1.82) is 0 Å². The molecule has 0 unspecified atom stereocenters. The molecule has 1 aromatic rings. The highest BCUT2D eigenvalue weighted by Crippen LogP contribution is 2.46. The smallest absolute Gasteiger partial charge is 0.169 e. The Morgan fingerprint density at radius 3 is 2.56 bits per heavy atom. The Morgan fingerprint density at radius 1 is 1.11 bits per heavy atom. The van der Waals surface area contributed by atoms with Crippen LogP contribution in [0.4, 0.5) is 0 Å². The summed E-state index contributed by atoms with van der Waals surface area (Å²) in [6.07, 6.45) is 6.12. The van der Waals surface area contributed by atoms with Crippen LogP contribution in [0.1, 0.15) is 50.7 Å². The molecule has 2 fully saturated rings. The summed E-state index contributed by atoms with van der Waals surface area (Å²) >= 11 is 2.38. The third-order valence-corrected chi connectivity index (χ3v) is 4.98. The third kappa shape index (κ3) is 2.32. The van der Waals surface area contributed by atoms with Crippen molar-refractivity contribution in [1.82, 2.24) is 0 Å². The molecule has 0 N–H and O–H groups in total. The van der Waals surface area contributed by atoms with Crippen molar-refractivity contribution in [2.75, 3.05) is 0 Å². The third-order valence-electron chi connectivity index (χ3n) is 4.00. The lowest BCUT2D eigenvalue weighted by molar-refractivity contribution is -0.193. The molecule has 1 spiro atoms. The molecular weight excluding hydrogens is 339 g/mol. The summed E-state index contributed by atoms with van der Waals surface area (Å²) < 4.78 is 13.8. The first-order chi connectivity index (χ1) is 8.70. The van der Waals surface area contributed by atoms with Crippen molar-refractivity contribution in [2.24, 2.45) is 0 Å². The van der Waals surface area contributed by atoms with Gasteiger partial charge < -0.3 is 9.47 Å². The van der Waals surface area contributed by atoms with Gasteiger partial charge in [-0.2, -0.15) is 0 Å². The number of hydrogen-bond donors (Lipinski definition) is 0. The quantitative estimate of drug-likeness (QED) is 0.692. The molecule has 3 rings (SSSR count). The molecule has 0 amide bonds. The molecule has 2 nitrogen and oxygen atoms in total. The van der Waals surface area contributed by atoms with E-state index in [1.54, 1.807) is 0 Å². The van der Waals surface area contributed by atoms with Gasteiger partial charge in [-0.15, -0.1) is 0 Å². The van der Waals surface area contributed by atoms with Gasteiger partial charge in [-0.25, -0.2) is 0 Å². The zero-order valence-electron chi connectivity index (χ0n) is 10.7. The SMILES string of the molecule is C[C@@H]1OC2(CCCCC2)O[C@H]1c1ccccc1I. The van der Waals surface area contributed by atoms with E-state index in [-0.39, 0.29) is 18.0 Å². The van der Waals surface area contributed by atoms with Gasteiger partial charge in [0.2, 0.25) is 0 Å². The van der Waals surface area contributed by atoms with Crippen molar-refractivity contribution < 1.29 is 9.47 Å². The van der Waals surface area contributed by atoms with Gasteiger partial charge in [0.05, 0.1) is 6.10 Å². The average molecular weight is 358 g/mol. The van der Waals surface area contributed by atoms with E-state index < -0.39 is 0 Å². The molecule has 1 heterocycles. The van der Waals surface area contributed by atoms with E-state index in [4.69, 9.17) is 9.47 Å². The highest BCUT2D eigenvalue weighted by molar-refractivity contribution is 14.1. The molecule has 0 bridgehead atoms. The number of rotatable bonds is 1. The second-order valence-corrected chi connectivity index (χ2v) is 6.52. The molecule has 1 aliphatic heterocycles. The van der Waals surface area contributed by atoms with Crippen LogP contribution in [0.15, 0.2) is 24.3 Å². The van der Waals surface area contributed by atoms with Crippen LogP contribution in [0.25, 0.3) is 0 Å². The van der Waals surface area contributed by atoms with E-state index in [1.165, 1.54) is 28.4 Å². The van der Waals surface area contributed by atoms with Crippen LogP contribution < -0.4 is 0 Å². The summed E-state index contributed by atoms with van der Waals surface area (Å²) in [6, 6.07) is 8.45. The zero-order chi connectivity index (χ0) is 12.6. The monoisotopic (exact) mass is 358 g/mol. The summed E-state index contributed by atoms with van der Waals surface area (Å²) in [6.45, 7) is 2.14. The Morgan fingerprint density at radius 2 is 1.83 bits per heavy atom. The van der Waals surface area contributed by atoms with Gasteiger partial charge in [-0.3, -0.25) is 0 Å². The predicted molar refractivity (Wildman–Crippen MR) is 79.3 cm³/mol. The van der Waals surface area contributed by atoms with Gasteiger partial charge in [0, 0.05) is 16.4 Å². The Balaban J connectivity index is 1.84. The first-order valence-electron chi connectivity index (χ1n) is 6.80. The van der Waals surface area contributed by atoms with Crippen molar-refractivity contribution in [3.63, 3.8) is 0 Å². The van der Waals surface area contributed by atoms with Crippen LogP contribution in [0.5, 0.6) is 0 Å². The van der Waals surface area contributed by atoms with Gasteiger partial charge in [0.15, 0.2) is 5.79 Å². The maximum atomic E-state index is 6.34. The molecule has 98 valence electrons. The van der Waals surface area contributed by atoms with Crippen molar-refractivity contribution in [3.8, 4) is 0 Å². The van der Waals surface area contributed by atoms with Crippen molar-refractivity contribution in [2.45, 2.75) is 57.0 Å². The standard InChI is InChI=1S/C15H19IO2/c1-11-14(12-7-3-4-8-13(12)16)18-15(17-11)9-5-2-6-10-15/h3-4,7-8,11,14H,2,5-6,9-10H2,1H3/t11-,14+/m0/s1. The van der Waals surface area contributed by atoms with Crippen LogP contribution >= 0.6 is 22.6 Å². The van der Waals surface area contributed by atoms with Gasteiger partial charge in [0.25, 0.3) is 0 Å². The number of hydrogen-bond acceptors (Lipinski definition) is 2. The normalized spacial score (nSPS) is 30.8. The number of benzene rings is 1. The fourth-order valence-corrected chi connectivity index (χ4v) is 3.80. The summed E-state index contributed by atoms with van der Waals surface area (Å²) in [7, 11) is 0. The van der Waals surface area contributed by atoms with Crippen LogP contribution in [-0.2, 0) is 9.47 Å². The number of halogens is 1. The van der Waals surface area contributed by atoms with Crippen LogP contribution in [-0.4, -0.2) is 11.9 Å². The van der Waals surface area contributed by atoms with Crippen molar-refractivity contribution >= 4 is 22.6 Å². The van der Waals surface area contributed by atoms with Crippen LogP contribution in [0.2, 0.25) is 0 Å². The zero-order valence-corrected chi connectivity index (χ0v) is 12.9. The molecule has 1 saturated carbocycles. The van der Waals surface area contributed by atoms with E-state index in [0.29, 0.717) is 0 Å². The summed E-state index contributed by atoms with van der Waals surface area (Å²) in [5.41, 5.74) is 1.27. The Labute approximate surface area is 122 Å². The minimum Gasteiger partial charge on any atom is -0.344 e. The summed E-state index contributed by atoms with van der Waals surface area (Å²) in [5.74, 6) is -0.290. The Bertz CT molecular complexity index is 426. The summed E-state index contributed by atoms with van der Waals surface area (Å²) in [4.78, 5) is 0. The molecule has 2 atom stereocenters. The largest absolute Gasteiger partial charge is 0.344 e. The van der Waals surface area contributed by atoms with Crippen LogP contribution in [0.3, 0.4) is 0 Å². The highest BCUT2D eigenvalue weighted by Gasteiger charge is 2.46. The fraction of sp³-hybridized carbons (Fsp3) is 0.600. The van der Waals surface area contributed by atoms with Gasteiger partial charge in [-0.05, 0) is 54.0 Å². The second-order valence-electron chi connectivity index (χ2n) is 5.35. The molecule has 3 heteroatoms. The van der Waals surface area contributed by atoms with Gasteiger partial charge >= 0.3 is 0 Å². The molecule has 1 aliphatic carbocycles. The highest BCUT2D eigenvalue weighted by atomic mass is 127. The first kappa shape index (κ1) is 12.9. The molecule has 0 radical (unpaired) electrons. The number of ether oxygens (including phenoxy) is 2. The predicted octanol–water partition coefficient (Wildman–Crippen LogP) is 4.43.